The Labute approximate surface area is 115 Å². The molecule has 0 unspecified atom stereocenters. The molecule has 94 valence electrons. The Bertz CT molecular complexity index is 556. The minimum atomic E-state index is 0.583. The molecule has 0 saturated heterocycles. The van der Waals surface area contributed by atoms with Crippen molar-refractivity contribution < 1.29 is 0 Å². The van der Waals surface area contributed by atoms with E-state index in [4.69, 9.17) is 0 Å². The zero-order valence-corrected chi connectivity index (χ0v) is 12.0. The maximum absolute atomic E-state index is 4.65. The Hall–Kier alpha value is -1.16. The summed E-state index contributed by atoms with van der Waals surface area (Å²) in [5, 5.41) is 7.45. The van der Waals surface area contributed by atoms with E-state index in [1.165, 1.54) is 31.2 Å². The summed E-state index contributed by atoms with van der Waals surface area (Å²) in [5.41, 5.74) is 2.29. The molecule has 1 aromatic carbocycles. The monoisotopic (exact) mass is 305 g/mol. The molecular weight excluding hydrogens is 290 g/mol. The van der Waals surface area contributed by atoms with Crippen molar-refractivity contribution in [2.75, 3.05) is 0 Å². The van der Waals surface area contributed by atoms with E-state index in [9.17, 15) is 0 Å². The number of aryl methyl sites for hydroxylation is 1. The lowest BCUT2D eigenvalue weighted by Gasteiger charge is -2.02. The molecule has 0 spiro atoms. The van der Waals surface area contributed by atoms with Crippen molar-refractivity contribution in [3.8, 4) is 11.4 Å². The molecule has 0 amide bonds. The quantitative estimate of drug-likeness (QED) is 0.903. The smallest absolute Gasteiger partial charge is 0.181 e. The van der Waals surface area contributed by atoms with Gasteiger partial charge in [0.25, 0.3) is 0 Å². The van der Waals surface area contributed by atoms with Gasteiger partial charge < -0.3 is 0 Å². The Morgan fingerprint density at radius 1 is 1.28 bits per heavy atom. The van der Waals surface area contributed by atoms with E-state index in [2.05, 4.69) is 56.2 Å². The molecule has 4 heteroatoms. The average Bonchev–Trinajstić information content (AvgIpc) is 3.01. The van der Waals surface area contributed by atoms with E-state index >= 15 is 0 Å². The SMILES string of the molecule is Cc1ccc(-c2n[nH]c(C3CCCC3)n2)cc1Br. The molecule has 18 heavy (non-hydrogen) atoms. The lowest BCUT2D eigenvalue weighted by atomic mass is 10.1. The molecule has 3 nitrogen and oxygen atoms in total. The molecule has 0 aliphatic heterocycles. The number of hydrogen-bond donors (Lipinski definition) is 1. The molecule has 3 rings (SSSR count). The fourth-order valence-electron chi connectivity index (χ4n) is 2.52. The van der Waals surface area contributed by atoms with Gasteiger partial charge in [-0.05, 0) is 31.4 Å². The van der Waals surface area contributed by atoms with Crippen LogP contribution in [0.15, 0.2) is 22.7 Å². The van der Waals surface area contributed by atoms with Gasteiger partial charge in [-0.15, -0.1) is 0 Å². The highest BCUT2D eigenvalue weighted by Crippen LogP contribution is 2.33. The molecular formula is C14H16BrN3. The van der Waals surface area contributed by atoms with E-state index < -0.39 is 0 Å². The first-order valence-electron chi connectivity index (χ1n) is 6.43. The zero-order valence-electron chi connectivity index (χ0n) is 10.4. The van der Waals surface area contributed by atoms with Gasteiger partial charge in [0.2, 0.25) is 0 Å². The summed E-state index contributed by atoms with van der Waals surface area (Å²) < 4.78 is 1.10. The number of benzene rings is 1. The summed E-state index contributed by atoms with van der Waals surface area (Å²) in [4.78, 5) is 4.65. The van der Waals surface area contributed by atoms with Gasteiger partial charge >= 0.3 is 0 Å². The first-order chi connectivity index (χ1) is 8.74. The molecule has 0 radical (unpaired) electrons. The third-order valence-corrected chi connectivity index (χ3v) is 4.53. The lowest BCUT2D eigenvalue weighted by molar-refractivity contribution is 0.672. The summed E-state index contributed by atoms with van der Waals surface area (Å²) >= 11 is 3.55. The van der Waals surface area contributed by atoms with Crippen molar-refractivity contribution in [1.82, 2.24) is 15.2 Å². The maximum atomic E-state index is 4.65. The normalized spacial score (nSPS) is 16.3. The number of H-pyrrole nitrogens is 1. The van der Waals surface area contributed by atoms with Crippen molar-refractivity contribution in [1.29, 1.82) is 0 Å². The molecule has 1 aliphatic rings. The number of halogens is 1. The number of nitrogens with zero attached hydrogens (tertiary/aromatic N) is 2. The minimum Gasteiger partial charge on any atom is -0.262 e. The average molecular weight is 306 g/mol. The maximum Gasteiger partial charge on any atom is 0.181 e. The fourth-order valence-corrected chi connectivity index (χ4v) is 2.90. The van der Waals surface area contributed by atoms with Gasteiger partial charge in [0.05, 0.1) is 0 Å². The minimum absolute atomic E-state index is 0.583. The summed E-state index contributed by atoms with van der Waals surface area (Å²) in [7, 11) is 0. The lowest BCUT2D eigenvalue weighted by Crippen LogP contribution is -1.94. The van der Waals surface area contributed by atoms with Crippen LogP contribution in [-0.4, -0.2) is 15.2 Å². The predicted octanol–water partition coefficient (Wildman–Crippen LogP) is 4.20. The molecule has 1 heterocycles. The third-order valence-electron chi connectivity index (χ3n) is 3.67. The summed E-state index contributed by atoms with van der Waals surface area (Å²) in [6.07, 6.45) is 5.12. The van der Waals surface area contributed by atoms with Crippen LogP contribution in [0.5, 0.6) is 0 Å². The summed E-state index contributed by atoms with van der Waals surface area (Å²) in [6.45, 7) is 2.08. The largest absolute Gasteiger partial charge is 0.262 e. The van der Waals surface area contributed by atoms with E-state index in [0.717, 1.165) is 21.7 Å². The van der Waals surface area contributed by atoms with Crippen LogP contribution in [0.3, 0.4) is 0 Å². The van der Waals surface area contributed by atoms with Crippen LogP contribution in [-0.2, 0) is 0 Å². The van der Waals surface area contributed by atoms with E-state index in [0.29, 0.717) is 5.92 Å². The van der Waals surface area contributed by atoms with Crippen LogP contribution < -0.4 is 0 Å². The summed E-state index contributed by atoms with van der Waals surface area (Å²) in [6, 6.07) is 6.24. The van der Waals surface area contributed by atoms with Crippen LogP contribution in [0.2, 0.25) is 0 Å². The molecule has 1 aromatic heterocycles. The fraction of sp³-hybridized carbons (Fsp3) is 0.429. The van der Waals surface area contributed by atoms with E-state index in [-0.39, 0.29) is 0 Å². The second kappa shape index (κ2) is 4.84. The summed E-state index contributed by atoms with van der Waals surface area (Å²) in [5.74, 6) is 2.44. The second-order valence-corrected chi connectivity index (χ2v) is 5.84. The third kappa shape index (κ3) is 2.21. The van der Waals surface area contributed by atoms with Crippen molar-refractivity contribution in [3.05, 3.63) is 34.1 Å². The Morgan fingerprint density at radius 2 is 2.06 bits per heavy atom. The highest BCUT2D eigenvalue weighted by atomic mass is 79.9. The number of rotatable bonds is 2. The molecule has 0 bridgehead atoms. The van der Waals surface area contributed by atoms with Gasteiger partial charge in [0.1, 0.15) is 5.82 Å². The highest BCUT2D eigenvalue weighted by Gasteiger charge is 2.20. The number of aromatic amines is 1. The molecule has 0 atom stereocenters. The Morgan fingerprint density at radius 3 is 2.78 bits per heavy atom. The zero-order chi connectivity index (χ0) is 12.5. The van der Waals surface area contributed by atoms with Crippen LogP contribution >= 0.6 is 15.9 Å². The molecule has 1 saturated carbocycles. The van der Waals surface area contributed by atoms with Crippen molar-refractivity contribution >= 4 is 15.9 Å². The van der Waals surface area contributed by atoms with Crippen LogP contribution in [0, 0.1) is 6.92 Å². The first-order valence-corrected chi connectivity index (χ1v) is 7.22. The number of nitrogens with one attached hydrogen (secondary N) is 1. The predicted molar refractivity (Wildman–Crippen MR) is 75.5 cm³/mol. The Kier molecular flexibility index (Phi) is 3.20. The number of hydrogen-bond acceptors (Lipinski definition) is 2. The van der Waals surface area contributed by atoms with Crippen molar-refractivity contribution in [3.63, 3.8) is 0 Å². The second-order valence-electron chi connectivity index (χ2n) is 4.99. The van der Waals surface area contributed by atoms with Crippen molar-refractivity contribution in [2.24, 2.45) is 0 Å². The van der Waals surface area contributed by atoms with Crippen LogP contribution in [0.1, 0.15) is 43.0 Å². The van der Waals surface area contributed by atoms with Gasteiger partial charge in [-0.2, -0.15) is 5.10 Å². The molecule has 1 N–H and O–H groups in total. The van der Waals surface area contributed by atoms with Gasteiger partial charge in [-0.1, -0.05) is 40.9 Å². The topological polar surface area (TPSA) is 41.6 Å². The molecule has 1 aliphatic carbocycles. The van der Waals surface area contributed by atoms with E-state index in [1.54, 1.807) is 0 Å². The van der Waals surface area contributed by atoms with Gasteiger partial charge in [-0.3, -0.25) is 5.10 Å². The highest BCUT2D eigenvalue weighted by molar-refractivity contribution is 9.10. The first kappa shape index (κ1) is 11.9. The van der Waals surface area contributed by atoms with Gasteiger partial charge in [0, 0.05) is 16.0 Å². The molecule has 2 aromatic rings. The number of aromatic nitrogens is 3. The van der Waals surface area contributed by atoms with Gasteiger partial charge in [0.15, 0.2) is 5.82 Å². The van der Waals surface area contributed by atoms with Crippen LogP contribution in [0.4, 0.5) is 0 Å². The standard InChI is InChI=1S/C14H16BrN3/c1-9-6-7-11(8-12(9)15)14-16-13(17-18-14)10-4-2-3-5-10/h6-8,10H,2-5H2,1H3,(H,16,17,18). The Balaban J connectivity index is 1.89. The molecule has 1 fully saturated rings. The van der Waals surface area contributed by atoms with Crippen LogP contribution in [0.25, 0.3) is 11.4 Å². The van der Waals surface area contributed by atoms with Crippen molar-refractivity contribution in [2.45, 2.75) is 38.5 Å². The van der Waals surface area contributed by atoms with Gasteiger partial charge in [-0.25, -0.2) is 4.98 Å². The van der Waals surface area contributed by atoms with E-state index in [1.807, 2.05) is 0 Å².